The predicted molar refractivity (Wildman–Crippen MR) is 266 cm³/mol. The van der Waals surface area contributed by atoms with Crippen LogP contribution in [0.2, 0.25) is 0 Å². The van der Waals surface area contributed by atoms with Crippen LogP contribution in [0.5, 0.6) is 0 Å². The van der Waals surface area contributed by atoms with Gasteiger partial charge in [-0.05, 0) is 25.2 Å². The Morgan fingerprint density at radius 1 is 0.306 bits per heavy atom. The Balaban J connectivity index is 4.25. The summed E-state index contributed by atoms with van der Waals surface area (Å²) in [6.07, 6.45) is 53.8. The van der Waals surface area contributed by atoms with Crippen molar-refractivity contribution in [2.75, 3.05) is 13.2 Å². The van der Waals surface area contributed by atoms with E-state index in [9.17, 15) is 14.4 Å². The van der Waals surface area contributed by atoms with Gasteiger partial charge in [-0.3, -0.25) is 14.4 Å². The molecule has 0 N–H and O–H groups in total. The molecule has 6 heteroatoms. The van der Waals surface area contributed by atoms with Crippen LogP contribution in [0.15, 0.2) is 0 Å². The largest absolute Gasteiger partial charge is 0.462 e. The van der Waals surface area contributed by atoms with E-state index in [0.29, 0.717) is 19.3 Å². The zero-order chi connectivity index (χ0) is 45.2. The van der Waals surface area contributed by atoms with Crippen LogP contribution < -0.4 is 0 Å². The molecule has 0 unspecified atom stereocenters. The Hall–Kier alpha value is -1.59. The first-order valence-corrected chi connectivity index (χ1v) is 27.9. The van der Waals surface area contributed by atoms with Gasteiger partial charge in [0.25, 0.3) is 0 Å². The molecule has 6 nitrogen and oxygen atoms in total. The second kappa shape index (κ2) is 50.4. The lowest BCUT2D eigenvalue weighted by Gasteiger charge is -2.18. The summed E-state index contributed by atoms with van der Waals surface area (Å²) < 4.78 is 16.8. The number of hydrogen-bond acceptors (Lipinski definition) is 6. The van der Waals surface area contributed by atoms with Gasteiger partial charge in [-0.2, -0.15) is 0 Å². The summed E-state index contributed by atoms with van der Waals surface area (Å²) in [5.74, 6) is -0.0481. The van der Waals surface area contributed by atoms with E-state index in [4.69, 9.17) is 14.2 Å². The number of unbranched alkanes of at least 4 members (excludes halogenated alkanes) is 38. The minimum atomic E-state index is -0.761. The van der Waals surface area contributed by atoms with E-state index in [1.54, 1.807) is 0 Å². The van der Waals surface area contributed by atoms with Crippen LogP contribution in [0.3, 0.4) is 0 Å². The third-order valence-electron chi connectivity index (χ3n) is 12.8. The molecule has 0 fully saturated rings. The van der Waals surface area contributed by atoms with Gasteiger partial charge in [0.1, 0.15) is 13.2 Å². The molecular formula is C56H108O6. The van der Waals surface area contributed by atoms with Crippen LogP contribution in [0.25, 0.3) is 0 Å². The molecule has 0 saturated carbocycles. The number of carbonyl (C=O) groups is 3. The monoisotopic (exact) mass is 877 g/mol. The minimum absolute atomic E-state index is 0.0628. The van der Waals surface area contributed by atoms with Crippen molar-refractivity contribution in [1.29, 1.82) is 0 Å². The highest BCUT2D eigenvalue weighted by atomic mass is 16.6. The van der Waals surface area contributed by atoms with Gasteiger partial charge in [-0.1, -0.05) is 278 Å². The zero-order valence-electron chi connectivity index (χ0n) is 42.3. The standard InChI is InChI=1S/C56H108O6/c1-5-7-9-11-13-15-17-19-21-22-23-25-27-29-31-36-40-44-48-55(58)61-51-53(62-56(59)49-45-41-37-33-32-34-38-42-46-52(3)4)50-60-54(57)47-43-39-35-30-28-26-24-20-18-16-14-12-10-8-6-2/h52-53H,5-51H2,1-4H3/t53-/m0/s1. The Kier molecular flexibility index (Phi) is 49.1. The molecule has 0 saturated heterocycles. The third kappa shape index (κ3) is 49.4. The quantitative estimate of drug-likeness (QED) is 0.0344. The Morgan fingerprint density at radius 3 is 0.790 bits per heavy atom. The predicted octanol–water partition coefficient (Wildman–Crippen LogP) is 18.2. The molecule has 0 heterocycles. The second-order valence-electron chi connectivity index (χ2n) is 19.7. The molecule has 0 bridgehead atoms. The second-order valence-corrected chi connectivity index (χ2v) is 19.7. The van der Waals surface area contributed by atoms with Gasteiger partial charge in [0.05, 0.1) is 0 Å². The summed E-state index contributed by atoms with van der Waals surface area (Å²) >= 11 is 0. The fraction of sp³-hybridized carbons (Fsp3) is 0.946. The number of carbonyl (C=O) groups excluding carboxylic acids is 3. The lowest BCUT2D eigenvalue weighted by molar-refractivity contribution is -0.167. The van der Waals surface area contributed by atoms with E-state index in [0.717, 1.165) is 63.7 Å². The van der Waals surface area contributed by atoms with Gasteiger partial charge < -0.3 is 14.2 Å². The van der Waals surface area contributed by atoms with E-state index in [-0.39, 0.29) is 31.1 Å². The zero-order valence-corrected chi connectivity index (χ0v) is 42.3. The van der Waals surface area contributed by atoms with Crippen molar-refractivity contribution >= 4 is 17.9 Å². The van der Waals surface area contributed by atoms with E-state index >= 15 is 0 Å². The molecule has 0 aromatic carbocycles. The van der Waals surface area contributed by atoms with Crippen molar-refractivity contribution in [2.24, 2.45) is 5.92 Å². The number of esters is 3. The van der Waals surface area contributed by atoms with Crippen molar-refractivity contribution in [3.05, 3.63) is 0 Å². The van der Waals surface area contributed by atoms with Crippen molar-refractivity contribution in [3.63, 3.8) is 0 Å². The lowest BCUT2D eigenvalue weighted by Crippen LogP contribution is -2.30. The van der Waals surface area contributed by atoms with Gasteiger partial charge >= 0.3 is 17.9 Å². The summed E-state index contributed by atoms with van der Waals surface area (Å²) in [4.78, 5) is 38.0. The fourth-order valence-electron chi connectivity index (χ4n) is 8.57. The molecule has 0 aliphatic rings. The van der Waals surface area contributed by atoms with Crippen LogP contribution in [0.4, 0.5) is 0 Å². The van der Waals surface area contributed by atoms with Gasteiger partial charge in [-0.25, -0.2) is 0 Å². The van der Waals surface area contributed by atoms with Gasteiger partial charge in [-0.15, -0.1) is 0 Å². The topological polar surface area (TPSA) is 78.9 Å². The van der Waals surface area contributed by atoms with Crippen LogP contribution in [0, 0.1) is 5.92 Å². The van der Waals surface area contributed by atoms with Crippen molar-refractivity contribution < 1.29 is 28.6 Å². The highest BCUT2D eigenvalue weighted by Crippen LogP contribution is 2.18. The van der Waals surface area contributed by atoms with Gasteiger partial charge in [0, 0.05) is 19.3 Å². The normalized spacial score (nSPS) is 12.0. The van der Waals surface area contributed by atoms with Crippen molar-refractivity contribution in [3.8, 4) is 0 Å². The van der Waals surface area contributed by atoms with E-state index < -0.39 is 6.10 Å². The Bertz CT molecular complexity index is 933. The Morgan fingerprint density at radius 2 is 0.532 bits per heavy atom. The van der Waals surface area contributed by atoms with Gasteiger partial charge in [0.15, 0.2) is 6.10 Å². The van der Waals surface area contributed by atoms with Crippen LogP contribution in [-0.2, 0) is 28.6 Å². The SMILES string of the molecule is CCCCCCCCCCCCCCCCCCCCC(=O)OC[C@H](COC(=O)CCCCCCCCCCCCCCCCC)OC(=O)CCCCCCCCCCC(C)C. The average Bonchev–Trinajstić information content (AvgIpc) is 3.26. The Labute approximate surface area is 387 Å². The fourth-order valence-corrected chi connectivity index (χ4v) is 8.57. The van der Waals surface area contributed by atoms with E-state index in [1.807, 2.05) is 0 Å². The summed E-state index contributed by atoms with van der Waals surface area (Å²) in [6.45, 7) is 9.01. The summed E-state index contributed by atoms with van der Waals surface area (Å²) in [5, 5.41) is 0. The molecule has 62 heavy (non-hydrogen) atoms. The van der Waals surface area contributed by atoms with E-state index in [2.05, 4.69) is 27.7 Å². The minimum Gasteiger partial charge on any atom is -0.462 e. The lowest BCUT2D eigenvalue weighted by atomic mass is 10.0. The summed E-state index contributed by atoms with van der Waals surface area (Å²) in [5.41, 5.74) is 0. The first-order chi connectivity index (χ1) is 30.4. The van der Waals surface area contributed by atoms with Crippen LogP contribution >= 0.6 is 0 Å². The molecule has 0 aliphatic heterocycles. The molecule has 0 rings (SSSR count). The van der Waals surface area contributed by atoms with Gasteiger partial charge in [0.2, 0.25) is 0 Å². The van der Waals surface area contributed by atoms with Crippen LogP contribution in [0.1, 0.15) is 317 Å². The smallest absolute Gasteiger partial charge is 0.306 e. The molecule has 1 atom stereocenters. The number of ether oxygens (including phenoxy) is 3. The highest BCUT2D eigenvalue weighted by molar-refractivity contribution is 5.71. The van der Waals surface area contributed by atoms with E-state index in [1.165, 1.54) is 212 Å². The number of hydrogen-bond donors (Lipinski definition) is 0. The first-order valence-electron chi connectivity index (χ1n) is 27.9. The first kappa shape index (κ1) is 60.4. The third-order valence-corrected chi connectivity index (χ3v) is 12.8. The molecule has 0 aromatic heterocycles. The summed E-state index contributed by atoms with van der Waals surface area (Å²) in [7, 11) is 0. The molecule has 0 spiro atoms. The molecule has 0 aromatic rings. The van der Waals surface area contributed by atoms with Crippen molar-refractivity contribution in [2.45, 2.75) is 323 Å². The maximum atomic E-state index is 12.8. The molecule has 368 valence electrons. The van der Waals surface area contributed by atoms with Crippen molar-refractivity contribution in [1.82, 2.24) is 0 Å². The highest BCUT2D eigenvalue weighted by Gasteiger charge is 2.19. The summed E-state index contributed by atoms with van der Waals surface area (Å²) in [6, 6.07) is 0. The maximum absolute atomic E-state index is 12.8. The molecular weight excluding hydrogens is 769 g/mol. The number of rotatable bonds is 51. The molecule has 0 aliphatic carbocycles. The maximum Gasteiger partial charge on any atom is 0.306 e. The average molecular weight is 877 g/mol. The molecule has 0 radical (unpaired) electrons. The molecule has 0 amide bonds. The van der Waals surface area contributed by atoms with Crippen LogP contribution in [-0.4, -0.2) is 37.2 Å².